The predicted octanol–water partition coefficient (Wildman–Crippen LogP) is 4.31. The molecule has 1 heterocycles. The van der Waals surface area contributed by atoms with Gasteiger partial charge in [-0.25, -0.2) is 4.98 Å². The van der Waals surface area contributed by atoms with Gasteiger partial charge in [-0.3, -0.25) is 9.59 Å². The molecule has 0 fully saturated rings. The van der Waals surface area contributed by atoms with Gasteiger partial charge in [-0.1, -0.05) is 24.9 Å². The summed E-state index contributed by atoms with van der Waals surface area (Å²) in [7, 11) is 0. The number of carboxylic acid groups (broad SMARTS) is 1. The number of fused-ring (bicyclic) bond motifs is 1. The number of nitrogens with zero attached hydrogens (tertiary/aromatic N) is 1. The number of carboxylic acids is 1. The van der Waals surface area contributed by atoms with Crippen molar-refractivity contribution in [3.8, 4) is 0 Å². The lowest BCUT2D eigenvalue weighted by atomic mass is 10.1. The minimum Gasteiger partial charge on any atom is -0.481 e. The van der Waals surface area contributed by atoms with Crippen molar-refractivity contribution in [3.05, 3.63) is 27.7 Å². The van der Waals surface area contributed by atoms with E-state index in [-0.39, 0.29) is 6.42 Å². The summed E-state index contributed by atoms with van der Waals surface area (Å²) in [5, 5.41) is 9.87. The lowest BCUT2D eigenvalue weighted by Gasteiger charge is -2.05. The molecule has 0 spiro atoms. The standard InChI is InChI=1S/C15H16ClNO3S2/c1-2-3-4-8-5-12-11(7-10(8)16)17-14(22-12)9(15(19)20)6-13(18)21/h5,7,9H,2-4,6H2,1H3,(H,18,21)(H,19,20). The summed E-state index contributed by atoms with van der Waals surface area (Å²) in [4.78, 5) is 26.8. The second-order valence-electron chi connectivity index (χ2n) is 5.06. The van der Waals surface area contributed by atoms with Crippen LogP contribution in [0.25, 0.3) is 10.2 Å². The SMILES string of the molecule is CCCCc1cc2sc(C(CC(=O)S)C(=O)O)nc2cc1Cl. The van der Waals surface area contributed by atoms with E-state index in [0.717, 1.165) is 29.5 Å². The van der Waals surface area contributed by atoms with Gasteiger partial charge in [-0.05, 0) is 30.5 Å². The number of aromatic nitrogens is 1. The van der Waals surface area contributed by atoms with E-state index in [0.29, 0.717) is 15.5 Å². The van der Waals surface area contributed by atoms with Crippen molar-refractivity contribution in [2.75, 3.05) is 0 Å². The fraction of sp³-hybridized carbons (Fsp3) is 0.400. The van der Waals surface area contributed by atoms with Gasteiger partial charge in [0.15, 0.2) is 5.12 Å². The summed E-state index contributed by atoms with van der Waals surface area (Å²) in [5.74, 6) is -2.03. The molecule has 1 N–H and O–H groups in total. The van der Waals surface area contributed by atoms with Crippen LogP contribution in [0.1, 0.15) is 42.7 Å². The maximum absolute atomic E-state index is 11.3. The monoisotopic (exact) mass is 357 g/mol. The fourth-order valence-corrected chi connectivity index (χ4v) is 3.71. The van der Waals surface area contributed by atoms with E-state index in [9.17, 15) is 14.7 Å². The Balaban J connectivity index is 2.40. The highest BCUT2D eigenvalue weighted by atomic mass is 35.5. The molecule has 1 aromatic carbocycles. The van der Waals surface area contributed by atoms with Crippen molar-refractivity contribution < 1.29 is 14.7 Å². The van der Waals surface area contributed by atoms with Crippen molar-refractivity contribution in [3.63, 3.8) is 0 Å². The molecule has 2 aromatic rings. The fourth-order valence-electron chi connectivity index (χ4n) is 2.17. The van der Waals surface area contributed by atoms with Gasteiger partial charge in [-0.15, -0.1) is 24.0 Å². The van der Waals surface area contributed by atoms with E-state index >= 15 is 0 Å². The minimum absolute atomic E-state index is 0.172. The summed E-state index contributed by atoms with van der Waals surface area (Å²) >= 11 is 11.2. The summed E-state index contributed by atoms with van der Waals surface area (Å²) in [5.41, 5.74) is 1.71. The Morgan fingerprint density at radius 1 is 1.45 bits per heavy atom. The second kappa shape index (κ2) is 7.44. The van der Waals surface area contributed by atoms with Crippen LogP contribution >= 0.6 is 35.6 Å². The molecule has 7 heteroatoms. The molecule has 0 amide bonds. The number of hydrogen-bond donors (Lipinski definition) is 2. The van der Waals surface area contributed by atoms with Gasteiger partial charge in [0, 0.05) is 11.4 Å². The number of thiol groups is 1. The number of carbonyl (C=O) groups excluding carboxylic acids is 1. The van der Waals surface area contributed by atoms with Gasteiger partial charge in [0.1, 0.15) is 10.9 Å². The first-order valence-electron chi connectivity index (χ1n) is 6.95. The molecular weight excluding hydrogens is 342 g/mol. The van der Waals surface area contributed by atoms with E-state index in [1.807, 2.05) is 6.07 Å². The topological polar surface area (TPSA) is 67.3 Å². The van der Waals surface area contributed by atoms with Crippen LogP contribution < -0.4 is 0 Å². The Morgan fingerprint density at radius 3 is 2.77 bits per heavy atom. The summed E-state index contributed by atoms with van der Waals surface area (Å²) in [6.45, 7) is 2.11. The molecule has 0 bridgehead atoms. The van der Waals surface area contributed by atoms with Crippen molar-refractivity contribution in [2.24, 2.45) is 0 Å². The van der Waals surface area contributed by atoms with E-state index in [2.05, 4.69) is 24.5 Å². The van der Waals surface area contributed by atoms with E-state index in [4.69, 9.17) is 11.6 Å². The lowest BCUT2D eigenvalue weighted by Crippen LogP contribution is -2.13. The number of benzene rings is 1. The van der Waals surface area contributed by atoms with Gasteiger partial charge in [-0.2, -0.15) is 0 Å². The molecule has 0 saturated carbocycles. The van der Waals surface area contributed by atoms with E-state index in [1.165, 1.54) is 11.3 Å². The Hall–Kier alpha value is -1.11. The lowest BCUT2D eigenvalue weighted by molar-refractivity contribution is -0.139. The molecule has 1 aromatic heterocycles. The molecule has 1 atom stereocenters. The summed E-state index contributed by atoms with van der Waals surface area (Å²) < 4.78 is 0.892. The van der Waals surface area contributed by atoms with Gasteiger partial charge < -0.3 is 5.11 Å². The Bertz CT molecular complexity index is 714. The van der Waals surface area contributed by atoms with Crippen molar-refractivity contribution >= 4 is 56.9 Å². The first kappa shape index (κ1) is 17.2. The number of aryl methyl sites for hydroxylation is 1. The van der Waals surface area contributed by atoms with Gasteiger partial charge in [0.2, 0.25) is 0 Å². The maximum Gasteiger partial charge on any atom is 0.313 e. The average Bonchev–Trinajstić information content (AvgIpc) is 2.83. The Labute approximate surface area is 142 Å². The Kier molecular flexibility index (Phi) is 5.83. The van der Waals surface area contributed by atoms with Crippen LogP contribution in [0.2, 0.25) is 5.02 Å². The van der Waals surface area contributed by atoms with Gasteiger partial charge >= 0.3 is 5.97 Å². The number of aliphatic carboxylic acids is 1. The zero-order chi connectivity index (χ0) is 16.3. The van der Waals surface area contributed by atoms with Crippen LogP contribution in [0.5, 0.6) is 0 Å². The van der Waals surface area contributed by atoms with Gasteiger partial charge in [0.05, 0.1) is 10.2 Å². The van der Waals surface area contributed by atoms with Crippen LogP contribution in [-0.4, -0.2) is 21.2 Å². The van der Waals surface area contributed by atoms with Crippen LogP contribution in [0.3, 0.4) is 0 Å². The number of rotatable bonds is 7. The highest BCUT2D eigenvalue weighted by Gasteiger charge is 2.26. The number of unbranched alkanes of at least 4 members (excludes halogenated alkanes) is 1. The quantitative estimate of drug-likeness (QED) is 0.725. The Morgan fingerprint density at radius 2 is 2.18 bits per heavy atom. The largest absolute Gasteiger partial charge is 0.481 e. The molecule has 0 aliphatic heterocycles. The van der Waals surface area contributed by atoms with Crippen LogP contribution in [0, 0.1) is 0 Å². The zero-order valence-electron chi connectivity index (χ0n) is 12.0. The highest BCUT2D eigenvalue weighted by molar-refractivity contribution is 7.96. The molecular formula is C15H16ClNO3S2. The smallest absolute Gasteiger partial charge is 0.313 e. The molecule has 4 nitrogen and oxygen atoms in total. The molecule has 0 saturated heterocycles. The predicted molar refractivity (Wildman–Crippen MR) is 92.2 cm³/mol. The molecule has 0 aliphatic carbocycles. The van der Waals surface area contributed by atoms with Crippen molar-refractivity contribution in [1.82, 2.24) is 4.98 Å². The van der Waals surface area contributed by atoms with Crippen molar-refractivity contribution in [2.45, 2.75) is 38.5 Å². The van der Waals surface area contributed by atoms with Gasteiger partial charge in [0.25, 0.3) is 0 Å². The maximum atomic E-state index is 11.3. The third kappa shape index (κ3) is 4.00. The highest BCUT2D eigenvalue weighted by Crippen LogP contribution is 2.33. The van der Waals surface area contributed by atoms with Crippen molar-refractivity contribution in [1.29, 1.82) is 0 Å². The number of thiazole rings is 1. The first-order chi connectivity index (χ1) is 10.4. The zero-order valence-corrected chi connectivity index (χ0v) is 14.5. The summed E-state index contributed by atoms with van der Waals surface area (Å²) in [6.07, 6.45) is 2.83. The van der Waals surface area contributed by atoms with Crippen LogP contribution in [0.15, 0.2) is 12.1 Å². The molecule has 118 valence electrons. The number of hydrogen-bond acceptors (Lipinski definition) is 4. The van der Waals surface area contributed by atoms with Crippen LogP contribution in [-0.2, 0) is 16.0 Å². The third-order valence-electron chi connectivity index (χ3n) is 3.35. The molecule has 1 unspecified atom stereocenters. The normalized spacial score (nSPS) is 12.5. The third-order valence-corrected chi connectivity index (χ3v) is 5.01. The average molecular weight is 358 g/mol. The first-order valence-corrected chi connectivity index (χ1v) is 8.60. The molecule has 0 radical (unpaired) electrons. The number of halogens is 1. The second-order valence-corrected chi connectivity index (χ2v) is 7.02. The molecule has 0 aliphatic rings. The number of carbonyl (C=O) groups is 2. The van der Waals surface area contributed by atoms with E-state index < -0.39 is 17.0 Å². The summed E-state index contributed by atoms with van der Waals surface area (Å²) in [6, 6.07) is 3.74. The molecule has 22 heavy (non-hydrogen) atoms. The van der Waals surface area contributed by atoms with Crippen LogP contribution in [0.4, 0.5) is 0 Å². The van der Waals surface area contributed by atoms with E-state index in [1.54, 1.807) is 6.07 Å². The molecule has 2 rings (SSSR count). The minimum atomic E-state index is -1.07.